The van der Waals surface area contributed by atoms with Gasteiger partial charge < -0.3 is 4.74 Å². The number of ether oxygens (including phenoxy) is 1. The lowest BCUT2D eigenvalue weighted by Crippen LogP contribution is -2.03. The average molecular weight is 206 g/mol. The number of halogens is 1. The number of carbonyl (C=O) groups excluding carboxylic acids is 1. The van der Waals surface area contributed by atoms with Gasteiger partial charge in [0.1, 0.15) is 6.33 Å². The maximum absolute atomic E-state index is 10.6. The number of hydrogen-bond donors (Lipinski definition) is 0. The third kappa shape index (κ3) is 1.32. The molecule has 0 atom stereocenters. The molecule has 0 saturated carbocycles. The highest BCUT2D eigenvalue weighted by atomic mass is 79.9. The van der Waals surface area contributed by atoms with Gasteiger partial charge in [-0.1, -0.05) is 0 Å². The van der Waals surface area contributed by atoms with Crippen molar-refractivity contribution in [2.75, 3.05) is 7.11 Å². The van der Waals surface area contributed by atoms with Gasteiger partial charge in [-0.15, -0.1) is 5.10 Å². The molecule has 0 amide bonds. The minimum atomic E-state index is -0.543. The van der Waals surface area contributed by atoms with E-state index in [9.17, 15) is 4.79 Å². The molecule has 0 N–H and O–H groups in total. The van der Waals surface area contributed by atoms with E-state index < -0.39 is 5.97 Å². The molecule has 0 aliphatic rings. The van der Waals surface area contributed by atoms with E-state index in [-0.39, 0.29) is 5.82 Å². The first-order valence-electron chi connectivity index (χ1n) is 2.40. The van der Waals surface area contributed by atoms with Crippen LogP contribution in [-0.2, 0) is 4.74 Å². The summed E-state index contributed by atoms with van der Waals surface area (Å²) in [5.74, 6) is -0.502. The van der Waals surface area contributed by atoms with Crippen molar-refractivity contribution in [1.82, 2.24) is 13.8 Å². The van der Waals surface area contributed by atoms with E-state index in [2.05, 4.69) is 31.0 Å². The van der Waals surface area contributed by atoms with E-state index in [1.54, 1.807) is 0 Å². The third-order valence-corrected chi connectivity index (χ3v) is 1.18. The van der Waals surface area contributed by atoms with E-state index in [4.69, 9.17) is 0 Å². The summed E-state index contributed by atoms with van der Waals surface area (Å²) in [6.45, 7) is 0. The first-order chi connectivity index (χ1) is 4.74. The van der Waals surface area contributed by atoms with Gasteiger partial charge in [-0.05, 0) is 0 Å². The van der Waals surface area contributed by atoms with Gasteiger partial charge >= 0.3 is 5.97 Å². The second-order valence-electron chi connectivity index (χ2n) is 1.45. The molecular weight excluding hydrogens is 202 g/mol. The van der Waals surface area contributed by atoms with Crippen molar-refractivity contribution < 1.29 is 9.53 Å². The minimum absolute atomic E-state index is 0.0411. The Bertz CT molecular complexity index is 246. The number of nitrogens with zero attached hydrogens (tertiary/aromatic N) is 3. The van der Waals surface area contributed by atoms with Gasteiger partial charge in [0.25, 0.3) is 5.82 Å². The topological polar surface area (TPSA) is 57.0 Å². The Morgan fingerprint density at radius 2 is 2.60 bits per heavy atom. The number of esters is 1. The Hall–Kier alpha value is -0.910. The molecule has 0 spiro atoms. The highest BCUT2D eigenvalue weighted by Gasteiger charge is 2.09. The lowest BCUT2D eigenvalue weighted by atomic mass is 10.6. The molecule has 0 fully saturated rings. The summed E-state index contributed by atoms with van der Waals surface area (Å²) < 4.78 is 5.60. The van der Waals surface area contributed by atoms with Crippen LogP contribution in [0.3, 0.4) is 0 Å². The fraction of sp³-hybridized carbons (Fsp3) is 0.250. The summed E-state index contributed by atoms with van der Waals surface area (Å²) in [5, 5.41) is 3.63. The summed E-state index contributed by atoms with van der Waals surface area (Å²) in [4.78, 5) is 14.3. The van der Waals surface area contributed by atoms with Crippen molar-refractivity contribution in [2.45, 2.75) is 0 Å². The van der Waals surface area contributed by atoms with Crippen molar-refractivity contribution in [1.29, 1.82) is 0 Å². The van der Waals surface area contributed by atoms with Crippen molar-refractivity contribution >= 4 is 22.1 Å². The Kier molecular flexibility index (Phi) is 2.00. The van der Waals surface area contributed by atoms with E-state index in [1.165, 1.54) is 17.1 Å². The molecule has 1 rings (SSSR count). The molecule has 0 unspecified atom stereocenters. The molecule has 0 aliphatic heterocycles. The molecule has 0 saturated heterocycles. The molecular formula is C4H4BrN3O2. The van der Waals surface area contributed by atoms with E-state index in [0.717, 1.165) is 0 Å². The van der Waals surface area contributed by atoms with E-state index in [0.29, 0.717) is 0 Å². The Balaban J connectivity index is 2.85. The maximum Gasteiger partial charge on any atom is 0.377 e. The summed E-state index contributed by atoms with van der Waals surface area (Å²) >= 11 is 2.96. The standard InChI is InChI=1S/C4H4BrN3O2/c1-10-4(9)3-6-2-8(5)7-3/h2H,1H3. The third-order valence-electron chi connectivity index (χ3n) is 0.834. The molecule has 0 radical (unpaired) electrons. The van der Waals surface area contributed by atoms with Gasteiger partial charge in [0.15, 0.2) is 0 Å². The first kappa shape index (κ1) is 7.20. The number of rotatable bonds is 1. The molecule has 6 heteroatoms. The van der Waals surface area contributed by atoms with Gasteiger partial charge in [0.2, 0.25) is 0 Å². The molecule has 0 bridgehead atoms. The SMILES string of the molecule is COC(=O)c1ncn(Br)n1. The second kappa shape index (κ2) is 2.78. The van der Waals surface area contributed by atoms with Crippen LogP contribution < -0.4 is 0 Å². The summed E-state index contributed by atoms with van der Waals surface area (Å²) in [6.07, 6.45) is 1.35. The van der Waals surface area contributed by atoms with Crippen molar-refractivity contribution in [2.24, 2.45) is 0 Å². The number of aromatic nitrogens is 3. The fourth-order valence-electron chi connectivity index (χ4n) is 0.429. The lowest BCUT2D eigenvalue weighted by Gasteiger charge is -1.88. The quantitative estimate of drug-likeness (QED) is 0.616. The van der Waals surface area contributed by atoms with Gasteiger partial charge in [-0.25, -0.2) is 9.78 Å². The molecule has 0 aliphatic carbocycles. The zero-order valence-electron chi connectivity index (χ0n) is 5.11. The molecule has 1 heterocycles. The highest BCUT2D eigenvalue weighted by Crippen LogP contribution is 1.94. The maximum atomic E-state index is 10.6. The van der Waals surface area contributed by atoms with Gasteiger partial charge in [0.05, 0.1) is 23.3 Å². The van der Waals surface area contributed by atoms with Crippen LogP contribution in [0.25, 0.3) is 0 Å². The van der Waals surface area contributed by atoms with Crippen molar-refractivity contribution in [3.05, 3.63) is 12.2 Å². The largest absolute Gasteiger partial charge is 0.463 e. The smallest absolute Gasteiger partial charge is 0.377 e. The van der Waals surface area contributed by atoms with Crippen LogP contribution in [0.2, 0.25) is 0 Å². The monoisotopic (exact) mass is 205 g/mol. The summed E-state index contributed by atoms with van der Waals surface area (Å²) in [7, 11) is 1.28. The van der Waals surface area contributed by atoms with Crippen molar-refractivity contribution in [3.63, 3.8) is 0 Å². The number of carbonyl (C=O) groups is 1. The predicted molar refractivity (Wildman–Crippen MR) is 35.7 cm³/mol. The molecule has 1 aromatic rings. The molecule has 0 aromatic carbocycles. The van der Waals surface area contributed by atoms with Crippen LogP contribution in [-0.4, -0.2) is 26.9 Å². The van der Waals surface area contributed by atoms with Crippen molar-refractivity contribution in [3.8, 4) is 0 Å². The zero-order valence-corrected chi connectivity index (χ0v) is 6.70. The van der Waals surface area contributed by atoms with E-state index in [1.807, 2.05) is 0 Å². The first-order valence-corrected chi connectivity index (χ1v) is 3.11. The van der Waals surface area contributed by atoms with Crippen LogP contribution in [0.5, 0.6) is 0 Å². The van der Waals surface area contributed by atoms with Crippen LogP contribution >= 0.6 is 16.1 Å². The molecule has 54 valence electrons. The van der Waals surface area contributed by atoms with Gasteiger partial charge in [0, 0.05) is 0 Å². The number of hydrogen-bond acceptors (Lipinski definition) is 4. The minimum Gasteiger partial charge on any atom is -0.463 e. The predicted octanol–water partition coefficient (Wildman–Crippen LogP) is 0.223. The van der Waals surface area contributed by atoms with Crippen LogP contribution in [0.1, 0.15) is 10.6 Å². The second-order valence-corrected chi connectivity index (χ2v) is 2.18. The molecule has 5 nitrogen and oxygen atoms in total. The summed E-state index contributed by atoms with van der Waals surface area (Å²) in [5.41, 5.74) is 0. The van der Waals surface area contributed by atoms with Crippen LogP contribution in [0, 0.1) is 0 Å². The summed E-state index contributed by atoms with van der Waals surface area (Å²) in [6, 6.07) is 0. The van der Waals surface area contributed by atoms with Gasteiger partial charge in [-0.3, -0.25) is 0 Å². The zero-order chi connectivity index (χ0) is 7.56. The average Bonchev–Trinajstić information content (AvgIpc) is 2.34. The Morgan fingerprint density at radius 1 is 1.90 bits per heavy atom. The highest BCUT2D eigenvalue weighted by molar-refractivity contribution is 9.08. The molecule has 10 heavy (non-hydrogen) atoms. The Labute approximate surface area is 65.3 Å². The van der Waals surface area contributed by atoms with E-state index >= 15 is 0 Å². The van der Waals surface area contributed by atoms with Gasteiger partial charge in [-0.2, -0.15) is 3.71 Å². The molecule has 1 aromatic heterocycles. The normalized spacial score (nSPS) is 9.40. The number of methoxy groups -OCH3 is 1. The fourth-order valence-corrected chi connectivity index (χ4v) is 0.671. The lowest BCUT2D eigenvalue weighted by molar-refractivity contribution is 0.0587. The Morgan fingerprint density at radius 3 is 3.00 bits per heavy atom. The van der Waals surface area contributed by atoms with Crippen LogP contribution in [0.15, 0.2) is 6.33 Å². The van der Waals surface area contributed by atoms with Crippen LogP contribution in [0.4, 0.5) is 0 Å².